The maximum absolute atomic E-state index is 13.7. The van der Waals surface area contributed by atoms with Crippen LogP contribution in [0.3, 0.4) is 0 Å². The van der Waals surface area contributed by atoms with Crippen LogP contribution in [0.5, 0.6) is 23.5 Å². The minimum Gasteiger partial charge on any atom is -0.508 e. The molecule has 0 saturated carbocycles. The summed E-state index contributed by atoms with van der Waals surface area (Å²) in [6.45, 7) is 13.3. The van der Waals surface area contributed by atoms with Gasteiger partial charge in [-0.05, 0) is 71.8 Å². The van der Waals surface area contributed by atoms with E-state index in [0.29, 0.717) is 100 Å². The van der Waals surface area contributed by atoms with Crippen LogP contribution in [-0.2, 0) is 17.8 Å². The van der Waals surface area contributed by atoms with E-state index in [1.54, 1.807) is 35.2 Å². The summed E-state index contributed by atoms with van der Waals surface area (Å²) >= 11 is 6.77. The van der Waals surface area contributed by atoms with E-state index in [9.17, 15) is 30.2 Å². The Morgan fingerprint density at radius 1 is 0.926 bits per heavy atom. The lowest BCUT2D eigenvalue weighted by Gasteiger charge is -2.42. The van der Waals surface area contributed by atoms with Gasteiger partial charge in [0.25, 0.3) is 5.91 Å². The molecule has 0 aliphatic carbocycles. The first-order valence-electron chi connectivity index (χ1n) is 22.7. The maximum atomic E-state index is 13.7. The fourth-order valence-corrected chi connectivity index (χ4v) is 9.77. The molecule has 2 amide bonds. The number of anilines is 2. The highest BCUT2D eigenvalue weighted by atomic mass is 35.5. The van der Waals surface area contributed by atoms with Crippen molar-refractivity contribution in [1.29, 1.82) is 5.26 Å². The number of amides is 2. The minimum absolute atomic E-state index is 0.0405. The van der Waals surface area contributed by atoms with Crippen molar-refractivity contribution < 1.29 is 29.6 Å². The van der Waals surface area contributed by atoms with Gasteiger partial charge in [-0.3, -0.25) is 14.5 Å². The van der Waals surface area contributed by atoms with Gasteiger partial charge >= 0.3 is 12.0 Å². The highest BCUT2D eigenvalue weighted by Crippen LogP contribution is 2.40. The molecule has 3 aliphatic rings. The number of halogens is 1. The zero-order valence-corrected chi connectivity index (χ0v) is 38.7. The van der Waals surface area contributed by atoms with Crippen LogP contribution in [0.15, 0.2) is 85.5 Å². The first-order chi connectivity index (χ1) is 32.9. The Kier molecular flexibility index (Phi) is 13.1. The van der Waals surface area contributed by atoms with E-state index < -0.39 is 6.01 Å². The number of piperazine rings is 2. The number of nitrogens with zero attached hydrogens (tertiary/aromatic N) is 11. The lowest BCUT2D eigenvalue weighted by molar-refractivity contribution is -0.128. The predicted octanol–water partition coefficient (Wildman–Crippen LogP) is 6.29. The average Bonchev–Trinajstić information content (AvgIpc) is 3.73. The second kappa shape index (κ2) is 19.4. The lowest BCUT2D eigenvalue weighted by Crippen LogP contribution is -2.55. The number of fused-ring (bicyclic) bond motifs is 2. The first kappa shape index (κ1) is 45.7. The molecule has 1 atom stereocenters. The molecule has 3 N–H and O–H groups in total. The number of aromatic hydroxyl groups is 3. The lowest BCUT2D eigenvalue weighted by atomic mass is 9.98. The summed E-state index contributed by atoms with van der Waals surface area (Å²) in [6, 6.07) is 23.5. The third-order valence-electron chi connectivity index (χ3n) is 13.1. The summed E-state index contributed by atoms with van der Waals surface area (Å²) in [6.07, 6.45) is 2.15. The molecule has 6 aromatic rings. The Labute approximate surface area is 398 Å². The van der Waals surface area contributed by atoms with Gasteiger partial charge in [0.05, 0.1) is 47.0 Å². The Hall–Kier alpha value is -7.42. The van der Waals surface area contributed by atoms with Crippen LogP contribution in [0.25, 0.3) is 27.8 Å². The number of hydrogen-bond acceptors (Lipinski definition) is 14. The Bertz CT molecular complexity index is 2920. The van der Waals surface area contributed by atoms with E-state index >= 15 is 0 Å². The number of hydrogen-bond donors (Lipinski definition) is 3. The number of nitriles is 1. The van der Waals surface area contributed by atoms with Gasteiger partial charge in [0.15, 0.2) is 5.82 Å². The van der Waals surface area contributed by atoms with Crippen molar-refractivity contribution in [2.75, 3.05) is 75.3 Å². The molecule has 0 spiro atoms. The number of benzene rings is 4. The van der Waals surface area contributed by atoms with E-state index in [1.807, 2.05) is 36.9 Å². The quantitative estimate of drug-likeness (QED) is 0.116. The van der Waals surface area contributed by atoms with Crippen molar-refractivity contribution >= 4 is 45.7 Å². The zero-order valence-electron chi connectivity index (χ0n) is 37.9. The predicted molar refractivity (Wildman–Crippen MR) is 258 cm³/mol. The molecule has 0 radical (unpaired) electrons. The fraction of sp³-hybridized carbons (Fsp3) is 0.340. The molecule has 9 rings (SSSR count). The smallest absolute Gasteiger partial charge is 0.319 e. The number of phenols is 2. The van der Waals surface area contributed by atoms with Gasteiger partial charge in [0.2, 0.25) is 5.91 Å². The van der Waals surface area contributed by atoms with Gasteiger partial charge < -0.3 is 39.7 Å². The van der Waals surface area contributed by atoms with Gasteiger partial charge in [0, 0.05) is 87.2 Å². The van der Waals surface area contributed by atoms with Crippen molar-refractivity contribution in [1.82, 2.24) is 39.4 Å². The number of phenolic OH excluding ortho intramolecular Hbond substituents is 2. The molecule has 350 valence electrons. The highest BCUT2D eigenvalue weighted by Gasteiger charge is 2.34. The molecular formula is C50H52ClN11O6. The van der Waals surface area contributed by atoms with Crippen molar-refractivity contribution in [3.63, 3.8) is 0 Å². The van der Waals surface area contributed by atoms with Crippen molar-refractivity contribution in [3.8, 4) is 46.7 Å². The molecule has 68 heavy (non-hydrogen) atoms. The number of rotatable bonds is 12. The van der Waals surface area contributed by atoms with E-state index in [-0.39, 0.29) is 59.1 Å². The molecular weight excluding hydrogens is 886 g/mol. The van der Waals surface area contributed by atoms with Crippen molar-refractivity contribution in [2.24, 2.45) is 0 Å². The monoisotopic (exact) mass is 937 g/mol. The normalized spacial score (nSPS) is 16.5. The molecule has 17 nitrogen and oxygen atoms in total. The summed E-state index contributed by atoms with van der Waals surface area (Å²) in [5.41, 5.74) is 4.74. The second-order valence-corrected chi connectivity index (χ2v) is 17.9. The summed E-state index contributed by atoms with van der Waals surface area (Å²) in [7, 11) is 0. The van der Waals surface area contributed by atoms with Gasteiger partial charge in [0.1, 0.15) is 23.9 Å². The molecule has 18 heteroatoms. The summed E-state index contributed by atoms with van der Waals surface area (Å²) in [5, 5.41) is 52.1. The second-order valence-electron chi connectivity index (χ2n) is 17.5. The molecule has 5 heterocycles. The van der Waals surface area contributed by atoms with Gasteiger partial charge in [-0.25, -0.2) is 4.57 Å². The van der Waals surface area contributed by atoms with E-state index in [4.69, 9.17) is 26.3 Å². The Morgan fingerprint density at radius 3 is 2.43 bits per heavy atom. The standard InChI is InChI=1S/C50H52ClN11O6/c1-4-44(65)61-24-23-60(29-35(61)15-17-52)46-36-16-18-59(41-10-6-8-32-7-5-9-39(51)45(32)41)30-40(36)53-49(54-46)68-26-25-57-19-21-58(22-20-57)48(66)33-11-13-34(14-12-33)62-47(55-56-50(62)67)38-27-37(31(2)3)42(63)28-43(38)64/h4-14,27-28,31,35,63-64H,1,15-16,18-26,29-30H2,2-3H3,(H,56,67). The van der Waals surface area contributed by atoms with Gasteiger partial charge in [-0.1, -0.05) is 61.4 Å². The number of carbonyl (C=O) groups excluding carboxylic acids is 2. The summed E-state index contributed by atoms with van der Waals surface area (Å²) in [5.74, 6) is 0.312. The largest absolute Gasteiger partial charge is 0.508 e. The SMILES string of the molecule is C=CC(=O)N1CCN(c2nc(OCCN3CCN(C(=O)c4ccc(-n5c(O)nnc5-c5cc(C(C)C)c(O)cc5O)cc4)CC3)nc3c2CCN(c2cccc4cccc(Cl)c24)C3)CC1CC#N. The van der Waals surface area contributed by atoms with E-state index in [0.717, 1.165) is 33.5 Å². The van der Waals surface area contributed by atoms with E-state index in [1.165, 1.54) is 16.7 Å². The summed E-state index contributed by atoms with van der Waals surface area (Å²) < 4.78 is 7.73. The maximum Gasteiger partial charge on any atom is 0.319 e. The van der Waals surface area contributed by atoms with Gasteiger partial charge in [-0.15, -0.1) is 5.10 Å². The Balaban J connectivity index is 0.867. The number of carbonyl (C=O) groups is 2. The van der Waals surface area contributed by atoms with Crippen LogP contribution in [0.2, 0.25) is 5.02 Å². The number of aromatic nitrogens is 5. The van der Waals surface area contributed by atoms with Crippen molar-refractivity contribution in [3.05, 3.63) is 113 Å². The van der Waals surface area contributed by atoms with Crippen LogP contribution in [0.1, 0.15) is 53.4 Å². The molecule has 0 bridgehead atoms. The van der Waals surface area contributed by atoms with Crippen molar-refractivity contribution in [2.45, 2.75) is 45.2 Å². The van der Waals surface area contributed by atoms with Crippen LogP contribution < -0.4 is 14.5 Å². The summed E-state index contributed by atoms with van der Waals surface area (Å²) in [4.78, 5) is 46.7. The molecule has 4 aromatic carbocycles. The first-order valence-corrected chi connectivity index (χ1v) is 23.1. The van der Waals surface area contributed by atoms with Crippen LogP contribution in [0, 0.1) is 11.3 Å². The van der Waals surface area contributed by atoms with Crippen LogP contribution in [0.4, 0.5) is 11.5 Å². The average molecular weight is 938 g/mol. The van der Waals surface area contributed by atoms with Crippen LogP contribution >= 0.6 is 11.6 Å². The van der Waals surface area contributed by atoms with Gasteiger partial charge in [-0.2, -0.15) is 15.2 Å². The molecule has 2 fully saturated rings. The zero-order chi connectivity index (χ0) is 47.6. The highest BCUT2D eigenvalue weighted by molar-refractivity contribution is 6.36. The third kappa shape index (κ3) is 9.04. The topological polar surface area (TPSA) is 201 Å². The van der Waals surface area contributed by atoms with E-state index in [2.05, 4.69) is 55.7 Å². The molecule has 3 aliphatic heterocycles. The molecule has 1 unspecified atom stereocenters. The molecule has 2 aromatic heterocycles. The molecule has 2 saturated heterocycles. The van der Waals surface area contributed by atoms with Crippen LogP contribution in [-0.4, -0.2) is 138 Å². The fourth-order valence-electron chi connectivity index (χ4n) is 9.50. The third-order valence-corrected chi connectivity index (χ3v) is 13.4. The number of ether oxygens (including phenoxy) is 1. The minimum atomic E-state index is -0.396. The Morgan fingerprint density at radius 2 is 1.69 bits per heavy atom.